The Morgan fingerprint density at radius 3 is 1.48 bits per heavy atom. The van der Waals surface area contributed by atoms with Crippen molar-refractivity contribution < 1.29 is 0 Å². The lowest BCUT2D eigenvalue weighted by Crippen LogP contribution is -1.97. The zero-order valence-corrected chi connectivity index (χ0v) is 26.1. The van der Waals surface area contributed by atoms with Gasteiger partial charge in [0.05, 0.1) is 27.6 Å². The Kier molecular flexibility index (Phi) is 5.14. The molecule has 0 radical (unpaired) electrons. The smallest absolute Gasteiger partial charge is 0.0641 e. The summed E-state index contributed by atoms with van der Waals surface area (Å²) >= 11 is 0. The monoisotopic (exact) mass is 608 g/mol. The molecule has 0 saturated carbocycles. The lowest BCUT2D eigenvalue weighted by atomic mass is 9.97. The van der Waals surface area contributed by atoms with E-state index in [-0.39, 0.29) is 0 Å². The van der Waals surface area contributed by atoms with Crippen LogP contribution in [0.15, 0.2) is 170 Å². The molecule has 0 aliphatic heterocycles. The summed E-state index contributed by atoms with van der Waals surface area (Å²) in [6.07, 6.45) is 0. The van der Waals surface area contributed by atoms with E-state index in [1.807, 2.05) is 0 Å². The molecule has 48 heavy (non-hydrogen) atoms. The summed E-state index contributed by atoms with van der Waals surface area (Å²) < 4.78 is 5.06. The molecule has 0 bridgehead atoms. The third-order valence-electron chi connectivity index (χ3n) is 10.4. The van der Waals surface area contributed by atoms with Crippen LogP contribution >= 0.6 is 0 Å². The topological polar surface area (TPSA) is 9.34 Å². The molecule has 222 valence electrons. The number of rotatable bonds is 3. The van der Waals surface area contributed by atoms with E-state index in [0.717, 1.165) is 5.69 Å². The molecule has 2 nitrogen and oxygen atoms in total. The first-order valence-electron chi connectivity index (χ1n) is 16.6. The van der Waals surface area contributed by atoms with Crippen LogP contribution in [-0.4, -0.2) is 8.97 Å². The number of benzene rings is 8. The van der Waals surface area contributed by atoms with E-state index in [1.54, 1.807) is 0 Å². The highest BCUT2D eigenvalue weighted by Gasteiger charge is 2.23. The minimum Gasteiger partial charge on any atom is -0.308 e. The first-order chi connectivity index (χ1) is 23.8. The molecule has 0 aliphatic carbocycles. The largest absolute Gasteiger partial charge is 0.308 e. The van der Waals surface area contributed by atoms with Crippen molar-refractivity contribution in [1.29, 1.82) is 0 Å². The van der Waals surface area contributed by atoms with Crippen molar-refractivity contribution in [2.24, 2.45) is 0 Å². The molecule has 3 heterocycles. The first-order valence-corrected chi connectivity index (χ1v) is 16.6. The highest BCUT2D eigenvalue weighted by Crippen LogP contribution is 2.45. The average Bonchev–Trinajstić information content (AvgIpc) is 3.80. The van der Waals surface area contributed by atoms with Crippen molar-refractivity contribution in [3.05, 3.63) is 170 Å². The van der Waals surface area contributed by atoms with Crippen molar-refractivity contribution in [1.82, 2.24) is 8.97 Å². The van der Waals surface area contributed by atoms with Gasteiger partial charge in [0, 0.05) is 43.4 Å². The van der Waals surface area contributed by atoms with Crippen LogP contribution in [0.2, 0.25) is 0 Å². The molecular weight excluding hydrogens is 581 g/mol. The SMILES string of the molecule is c1ccc(-c2cc(-c3ccccc3)cc(-n3c4ccccc4c4ccc5ccc6c7cccc8c9ccccc9n(c87)c6c5c43)c2)cc1. The Labute approximate surface area is 276 Å². The normalized spacial score (nSPS) is 12.2. The molecule has 11 rings (SSSR count). The van der Waals surface area contributed by atoms with Crippen LogP contribution in [-0.2, 0) is 0 Å². The lowest BCUT2D eigenvalue weighted by molar-refractivity contribution is 1.19. The molecule has 0 aliphatic rings. The van der Waals surface area contributed by atoms with Gasteiger partial charge >= 0.3 is 0 Å². The van der Waals surface area contributed by atoms with Crippen molar-refractivity contribution in [3.63, 3.8) is 0 Å². The molecule has 0 unspecified atom stereocenters. The number of aromatic nitrogens is 2. The van der Waals surface area contributed by atoms with Crippen LogP contribution in [0.4, 0.5) is 0 Å². The van der Waals surface area contributed by atoms with Crippen molar-refractivity contribution in [3.8, 4) is 27.9 Å². The molecule has 0 N–H and O–H groups in total. The van der Waals surface area contributed by atoms with Gasteiger partial charge in [-0.3, -0.25) is 0 Å². The highest BCUT2D eigenvalue weighted by molar-refractivity contribution is 6.32. The summed E-state index contributed by atoms with van der Waals surface area (Å²) in [5.41, 5.74) is 12.3. The van der Waals surface area contributed by atoms with Crippen LogP contribution in [0.5, 0.6) is 0 Å². The zero-order valence-electron chi connectivity index (χ0n) is 26.1. The van der Waals surface area contributed by atoms with E-state index in [1.165, 1.54) is 92.9 Å². The van der Waals surface area contributed by atoms with Gasteiger partial charge in [0.15, 0.2) is 0 Å². The van der Waals surface area contributed by atoms with E-state index < -0.39 is 0 Å². The lowest BCUT2D eigenvalue weighted by Gasteiger charge is -2.15. The van der Waals surface area contributed by atoms with Gasteiger partial charge in [0.1, 0.15) is 0 Å². The Balaban J connectivity index is 1.37. The second kappa shape index (κ2) is 9.57. The van der Waals surface area contributed by atoms with Gasteiger partial charge in [-0.1, -0.05) is 140 Å². The molecule has 0 spiro atoms. The van der Waals surface area contributed by atoms with Crippen LogP contribution in [0.25, 0.3) is 98.6 Å². The summed E-state index contributed by atoms with van der Waals surface area (Å²) in [6.45, 7) is 0. The van der Waals surface area contributed by atoms with E-state index >= 15 is 0 Å². The van der Waals surface area contributed by atoms with Gasteiger partial charge in [-0.05, 0) is 58.0 Å². The van der Waals surface area contributed by atoms with Crippen molar-refractivity contribution in [2.75, 3.05) is 0 Å². The van der Waals surface area contributed by atoms with Gasteiger partial charge in [-0.25, -0.2) is 0 Å². The number of hydrogen-bond acceptors (Lipinski definition) is 0. The quantitative estimate of drug-likeness (QED) is 0.189. The molecule has 0 fully saturated rings. The maximum absolute atomic E-state index is 2.54. The third kappa shape index (κ3) is 3.41. The summed E-state index contributed by atoms with van der Waals surface area (Å²) in [7, 11) is 0. The predicted molar refractivity (Wildman–Crippen MR) is 204 cm³/mol. The molecule has 8 aromatic carbocycles. The van der Waals surface area contributed by atoms with Crippen LogP contribution in [0.1, 0.15) is 0 Å². The third-order valence-corrected chi connectivity index (χ3v) is 10.4. The summed E-state index contributed by atoms with van der Waals surface area (Å²) in [5.74, 6) is 0. The van der Waals surface area contributed by atoms with Crippen molar-refractivity contribution in [2.45, 2.75) is 0 Å². The molecule has 2 heteroatoms. The molecule has 0 atom stereocenters. The maximum atomic E-state index is 2.54. The Morgan fingerprint density at radius 1 is 0.312 bits per heavy atom. The molecule has 3 aromatic heterocycles. The number of fused-ring (bicyclic) bond motifs is 12. The van der Waals surface area contributed by atoms with Crippen LogP contribution in [0, 0.1) is 0 Å². The van der Waals surface area contributed by atoms with Gasteiger partial charge in [0.25, 0.3) is 0 Å². The van der Waals surface area contributed by atoms with E-state index in [4.69, 9.17) is 0 Å². The van der Waals surface area contributed by atoms with E-state index in [9.17, 15) is 0 Å². The maximum Gasteiger partial charge on any atom is 0.0641 e. The second-order valence-corrected chi connectivity index (χ2v) is 12.9. The fourth-order valence-corrected chi connectivity index (χ4v) is 8.37. The van der Waals surface area contributed by atoms with Gasteiger partial charge in [-0.15, -0.1) is 0 Å². The van der Waals surface area contributed by atoms with Crippen LogP contribution < -0.4 is 0 Å². The molecule has 0 saturated heterocycles. The number of hydrogen-bond donors (Lipinski definition) is 0. The van der Waals surface area contributed by atoms with Gasteiger partial charge < -0.3 is 8.97 Å². The Hall–Kier alpha value is -6.38. The van der Waals surface area contributed by atoms with Crippen LogP contribution in [0.3, 0.4) is 0 Å². The first kappa shape index (κ1) is 25.8. The predicted octanol–water partition coefficient (Wildman–Crippen LogP) is 12.4. The highest BCUT2D eigenvalue weighted by atomic mass is 15.0. The number of para-hydroxylation sites is 3. The average molecular weight is 609 g/mol. The minimum atomic E-state index is 1.16. The van der Waals surface area contributed by atoms with Gasteiger partial charge in [-0.2, -0.15) is 0 Å². The zero-order chi connectivity index (χ0) is 31.3. The molecule has 0 amide bonds. The second-order valence-electron chi connectivity index (χ2n) is 12.9. The van der Waals surface area contributed by atoms with Crippen molar-refractivity contribution >= 4 is 70.7 Å². The standard InChI is InChI=1S/C46H28N2/c1-3-12-29(13-4-1)32-26-33(30-14-5-2-6-15-30)28-34(27-32)47-41-20-9-7-17-36(41)39-24-22-31-23-25-40-38-19-11-18-37-35-16-8-10-21-42(35)48(44(37)38)46(40)43(31)45(39)47/h1-28H. The Bertz CT molecular complexity index is 2970. The Morgan fingerprint density at radius 2 is 0.812 bits per heavy atom. The summed E-state index contributed by atoms with van der Waals surface area (Å²) in [5, 5.41) is 10.3. The summed E-state index contributed by atoms with van der Waals surface area (Å²) in [4.78, 5) is 0. The molecule has 11 aromatic rings. The fourth-order valence-electron chi connectivity index (χ4n) is 8.37. The molecular formula is C46H28N2. The number of nitrogens with zero attached hydrogens (tertiary/aromatic N) is 2. The summed E-state index contributed by atoms with van der Waals surface area (Å²) in [6, 6.07) is 62.4. The fraction of sp³-hybridized carbons (Fsp3) is 0. The van der Waals surface area contributed by atoms with Gasteiger partial charge in [0.2, 0.25) is 0 Å². The minimum absolute atomic E-state index is 1.16. The van der Waals surface area contributed by atoms with E-state index in [2.05, 4.69) is 179 Å². The van der Waals surface area contributed by atoms with E-state index in [0.29, 0.717) is 0 Å².